The zero-order valence-corrected chi connectivity index (χ0v) is 9.14. The van der Waals surface area contributed by atoms with Gasteiger partial charge >= 0.3 is 11.9 Å². The molecule has 0 aliphatic carbocycles. The smallest absolute Gasteiger partial charge is 0.355 e. The van der Waals surface area contributed by atoms with Crippen LogP contribution in [0.3, 0.4) is 0 Å². The summed E-state index contributed by atoms with van der Waals surface area (Å²) in [6.07, 6.45) is -1.47. The molecule has 88 valence electrons. The molecule has 0 bridgehead atoms. The van der Waals surface area contributed by atoms with Gasteiger partial charge in [-0.1, -0.05) is 18.2 Å². The average Bonchev–Trinajstić information content (AvgIpc) is 2.34. The number of ether oxygens (including phenoxy) is 2. The third-order valence-corrected chi connectivity index (χ3v) is 2.38. The van der Waals surface area contributed by atoms with Gasteiger partial charge in [-0.15, -0.1) is 0 Å². The second-order valence-corrected chi connectivity index (χ2v) is 3.45. The lowest BCUT2D eigenvalue weighted by Gasteiger charge is -2.21. The van der Waals surface area contributed by atoms with Gasteiger partial charge in [0, 0.05) is 5.56 Å². The van der Waals surface area contributed by atoms with Crippen molar-refractivity contribution in [1.82, 2.24) is 0 Å². The molecule has 1 aromatic carbocycles. The molecule has 0 spiro atoms. The van der Waals surface area contributed by atoms with E-state index < -0.39 is 23.8 Å². The third kappa shape index (κ3) is 1.91. The van der Waals surface area contributed by atoms with Crippen molar-refractivity contribution in [1.29, 1.82) is 0 Å². The highest BCUT2D eigenvalue weighted by atomic mass is 16.6. The van der Waals surface area contributed by atoms with Crippen molar-refractivity contribution < 1.29 is 23.9 Å². The van der Waals surface area contributed by atoms with Crippen molar-refractivity contribution in [2.24, 2.45) is 0 Å². The number of Topliss-reactive ketones (excluding diaryl/α,β-unsaturated/α-hetero) is 1. The van der Waals surface area contributed by atoms with Crippen LogP contribution in [0.2, 0.25) is 0 Å². The van der Waals surface area contributed by atoms with Gasteiger partial charge in [-0.25, -0.2) is 9.59 Å². The summed E-state index contributed by atoms with van der Waals surface area (Å²) < 4.78 is 9.45. The summed E-state index contributed by atoms with van der Waals surface area (Å²) >= 11 is 0. The van der Waals surface area contributed by atoms with Crippen LogP contribution in [0.4, 0.5) is 0 Å². The zero-order valence-electron chi connectivity index (χ0n) is 9.14. The SMILES string of the molecule is CCOC(=O)C1OC(=O)c2ccccc2C1=O. The van der Waals surface area contributed by atoms with E-state index in [1.54, 1.807) is 19.1 Å². The molecule has 5 nitrogen and oxygen atoms in total. The number of ketones is 1. The average molecular weight is 234 g/mol. The fourth-order valence-electron chi connectivity index (χ4n) is 1.61. The first-order chi connectivity index (χ1) is 8.15. The molecule has 0 saturated carbocycles. The number of carbonyl (C=O) groups is 3. The number of hydrogen-bond acceptors (Lipinski definition) is 5. The van der Waals surface area contributed by atoms with E-state index in [4.69, 9.17) is 4.74 Å². The van der Waals surface area contributed by atoms with Crippen molar-refractivity contribution in [3.05, 3.63) is 35.4 Å². The first kappa shape index (κ1) is 11.3. The van der Waals surface area contributed by atoms with Crippen LogP contribution < -0.4 is 0 Å². The first-order valence-electron chi connectivity index (χ1n) is 5.16. The Hall–Kier alpha value is -2.17. The molecule has 1 aromatic rings. The molecule has 0 aromatic heterocycles. The van der Waals surface area contributed by atoms with E-state index >= 15 is 0 Å². The summed E-state index contributed by atoms with van der Waals surface area (Å²) in [7, 11) is 0. The predicted octanol–water partition coefficient (Wildman–Crippen LogP) is 0.971. The van der Waals surface area contributed by atoms with Gasteiger partial charge in [-0.05, 0) is 13.0 Å². The third-order valence-electron chi connectivity index (χ3n) is 2.38. The highest BCUT2D eigenvalue weighted by molar-refractivity contribution is 6.19. The highest BCUT2D eigenvalue weighted by Crippen LogP contribution is 2.21. The Morgan fingerprint density at radius 2 is 1.94 bits per heavy atom. The van der Waals surface area contributed by atoms with Gasteiger partial charge in [-0.3, -0.25) is 4.79 Å². The molecule has 0 N–H and O–H groups in total. The molecule has 0 amide bonds. The quantitative estimate of drug-likeness (QED) is 0.563. The van der Waals surface area contributed by atoms with E-state index in [2.05, 4.69) is 4.74 Å². The Labute approximate surface area is 97.3 Å². The summed E-state index contributed by atoms with van der Waals surface area (Å²) in [5, 5.41) is 0. The summed E-state index contributed by atoms with van der Waals surface area (Å²) in [6.45, 7) is 1.74. The van der Waals surface area contributed by atoms with Gasteiger partial charge in [0.25, 0.3) is 6.10 Å². The van der Waals surface area contributed by atoms with Crippen LogP contribution in [-0.4, -0.2) is 30.4 Å². The number of benzene rings is 1. The number of cyclic esters (lactones) is 1. The van der Waals surface area contributed by atoms with Crippen LogP contribution in [0.1, 0.15) is 27.6 Å². The van der Waals surface area contributed by atoms with Crippen LogP contribution >= 0.6 is 0 Å². The summed E-state index contributed by atoms with van der Waals surface area (Å²) in [5.41, 5.74) is 0.375. The maximum Gasteiger partial charge on any atom is 0.355 e. The summed E-state index contributed by atoms with van der Waals surface area (Å²) in [4.78, 5) is 34.9. The number of hydrogen-bond donors (Lipinski definition) is 0. The fourth-order valence-corrected chi connectivity index (χ4v) is 1.61. The van der Waals surface area contributed by atoms with Crippen LogP contribution in [-0.2, 0) is 14.3 Å². The van der Waals surface area contributed by atoms with Crippen LogP contribution in [0, 0.1) is 0 Å². The van der Waals surface area contributed by atoms with Crippen LogP contribution in [0.5, 0.6) is 0 Å². The monoisotopic (exact) mass is 234 g/mol. The number of carbonyl (C=O) groups excluding carboxylic acids is 3. The standard InChI is InChI=1S/C12H10O5/c1-2-16-12(15)10-9(13)7-5-3-4-6-8(7)11(14)17-10/h3-6,10H,2H2,1H3. The van der Waals surface area contributed by atoms with Crippen molar-refractivity contribution in [2.75, 3.05) is 6.61 Å². The maximum atomic E-state index is 11.9. The van der Waals surface area contributed by atoms with Crippen molar-refractivity contribution >= 4 is 17.7 Å². The van der Waals surface area contributed by atoms with Crippen molar-refractivity contribution in [3.63, 3.8) is 0 Å². The molecule has 1 unspecified atom stereocenters. The van der Waals surface area contributed by atoms with E-state index in [1.165, 1.54) is 12.1 Å². The van der Waals surface area contributed by atoms with Crippen LogP contribution in [0.15, 0.2) is 24.3 Å². The molecule has 1 heterocycles. The predicted molar refractivity (Wildman–Crippen MR) is 56.6 cm³/mol. The molecule has 0 saturated heterocycles. The lowest BCUT2D eigenvalue weighted by atomic mass is 9.97. The van der Waals surface area contributed by atoms with Gasteiger partial charge in [0.15, 0.2) is 0 Å². The maximum absolute atomic E-state index is 11.9. The first-order valence-corrected chi connectivity index (χ1v) is 5.16. The molecule has 17 heavy (non-hydrogen) atoms. The Bertz CT molecular complexity index is 491. The van der Waals surface area contributed by atoms with E-state index in [9.17, 15) is 14.4 Å². The van der Waals surface area contributed by atoms with Gasteiger partial charge in [-0.2, -0.15) is 0 Å². The van der Waals surface area contributed by atoms with E-state index in [0.29, 0.717) is 0 Å². The van der Waals surface area contributed by atoms with Crippen LogP contribution in [0.25, 0.3) is 0 Å². The molecule has 0 fully saturated rings. The topological polar surface area (TPSA) is 69.7 Å². The lowest BCUT2D eigenvalue weighted by molar-refractivity contribution is -0.150. The van der Waals surface area contributed by atoms with E-state index in [1.807, 2.05) is 0 Å². The van der Waals surface area contributed by atoms with Gasteiger partial charge in [0.1, 0.15) is 0 Å². The summed E-state index contributed by atoms with van der Waals surface area (Å²) in [6, 6.07) is 6.22. The number of fused-ring (bicyclic) bond motifs is 1. The summed E-state index contributed by atoms with van der Waals surface area (Å²) in [5.74, 6) is -2.06. The zero-order chi connectivity index (χ0) is 12.4. The Morgan fingerprint density at radius 3 is 2.59 bits per heavy atom. The van der Waals surface area contributed by atoms with Gasteiger partial charge in [0.2, 0.25) is 5.78 Å². The Morgan fingerprint density at radius 1 is 1.29 bits per heavy atom. The number of rotatable bonds is 2. The molecular formula is C12H10O5. The lowest BCUT2D eigenvalue weighted by Crippen LogP contribution is -2.41. The van der Waals surface area contributed by atoms with Crippen molar-refractivity contribution in [3.8, 4) is 0 Å². The number of esters is 2. The molecule has 1 aliphatic rings. The molecular weight excluding hydrogens is 224 g/mol. The minimum Gasteiger partial charge on any atom is -0.463 e. The second kappa shape index (κ2) is 4.37. The molecule has 5 heteroatoms. The van der Waals surface area contributed by atoms with Crippen molar-refractivity contribution in [2.45, 2.75) is 13.0 Å². The molecule has 1 atom stereocenters. The minimum absolute atomic E-state index is 0.127. The Kier molecular flexibility index (Phi) is 2.91. The molecule has 2 rings (SSSR count). The highest BCUT2D eigenvalue weighted by Gasteiger charge is 2.39. The molecule has 1 aliphatic heterocycles. The largest absolute Gasteiger partial charge is 0.463 e. The second-order valence-electron chi connectivity index (χ2n) is 3.45. The van der Waals surface area contributed by atoms with E-state index in [-0.39, 0.29) is 17.7 Å². The van der Waals surface area contributed by atoms with Gasteiger partial charge in [0.05, 0.1) is 12.2 Å². The Balaban J connectivity index is 2.36. The fraction of sp³-hybridized carbons (Fsp3) is 0.250. The van der Waals surface area contributed by atoms with E-state index in [0.717, 1.165) is 0 Å². The minimum atomic E-state index is -1.47. The normalized spacial score (nSPS) is 18.3. The molecule has 0 radical (unpaired) electrons. The van der Waals surface area contributed by atoms with Gasteiger partial charge < -0.3 is 9.47 Å².